The number of aromatic nitrogens is 3. The average Bonchev–Trinajstić information content (AvgIpc) is 2.74. The van der Waals surface area contributed by atoms with Crippen LogP contribution in [0, 0.1) is 10.1 Å². The summed E-state index contributed by atoms with van der Waals surface area (Å²) in [6, 6.07) is 2.91. The maximum atomic E-state index is 11.1. The van der Waals surface area contributed by atoms with Crippen molar-refractivity contribution in [2.45, 2.75) is 20.0 Å². The molecule has 0 spiro atoms. The summed E-state index contributed by atoms with van der Waals surface area (Å²) >= 11 is 0. The van der Waals surface area contributed by atoms with Gasteiger partial charge in [-0.25, -0.2) is 4.98 Å². The number of nitrogen functional groups attached to an aromatic ring is 2. The number of nitrogens with one attached hydrogen (secondary N) is 1. The molecule has 2 heterocycles. The summed E-state index contributed by atoms with van der Waals surface area (Å²) < 4.78 is 5.39. The number of anilines is 2. The van der Waals surface area contributed by atoms with E-state index in [4.69, 9.17) is 16.2 Å². The summed E-state index contributed by atoms with van der Waals surface area (Å²) in [5.41, 5.74) is 11.4. The number of ether oxygens (including phenoxy) is 1. The van der Waals surface area contributed by atoms with E-state index in [1.807, 2.05) is 13.8 Å². The predicted molar refractivity (Wildman–Crippen MR) is 73.1 cm³/mol. The second-order valence-corrected chi connectivity index (χ2v) is 4.37. The molecule has 2 rings (SSSR count). The SMILES string of the molecule is CC(C)Oc1cc(-c2cc(N)nc(N)c2[N+](=O)[O-])[nH]n1. The lowest BCUT2D eigenvalue weighted by molar-refractivity contribution is -0.383. The third-order valence-electron chi connectivity index (χ3n) is 2.42. The highest BCUT2D eigenvalue weighted by molar-refractivity contribution is 5.79. The summed E-state index contributed by atoms with van der Waals surface area (Å²) in [7, 11) is 0. The summed E-state index contributed by atoms with van der Waals surface area (Å²) in [5.74, 6) is 0.174. The Bertz CT molecular complexity index is 652. The Morgan fingerprint density at radius 1 is 1.40 bits per heavy atom. The van der Waals surface area contributed by atoms with E-state index < -0.39 is 4.92 Å². The van der Waals surface area contributed by atoms with Crippen LogP contribution in [0.4, 0.5) is 17.3 Å². The van der Waals surface area contributed by atoms with Gasteiger partial charge in [-0.15, -0.1) is 5.10 Å². The van der Waals surface area contributed by atoms with E-state index in [-0.39, 0.29) is 29.0 Å². The number of hydrogen-bond donors (Lipinski definition) is 3. The van der Waals surface area contributed by atoms with Gasteiger partial charge in [0.1, 0.15) is 5.82 Å². The number of pyridine rings is 1. The molecule has 0 unspecified atom stereocenters. The highest BCUT2D eigenvalue weighted by Gasteiger charge is 2.23. The molecule has 2 aromatic rings. The van der Waals surface area contributed by atoms with Crippen molar-refractivity contribution in [1.29, 1.82) is 0 Å². The minimum Gasteiger partial charge on any atom is -0.474 e. The van der Waals surface area contributed by atoms with Gasteiger partial charge >= 0.3 is 5.69 Å². The van der Waals surface area contributed by atoms with Gasteiger partial charge in [-0.2, -0.15) is 0 Å². The van der Waals surface area contributed by atoms with Crippen LogP contribution in [0.3, 0.4) is 0 Å². The molecule has 0 bridgehead atoms. The molecular weight excluding hydrogens is 264 g/mol. The Morgan fingerprint density at radius 2 is 2.10 bits per heavy atom. The second-order valence-electron chi connectivity index (χ2n) is 4.37. The summed E-state index contributed by atoms with van der Waals surface area (Å²) in [4.78, 5) is 14.2. The maximum absolute atomic E-state index is 11.1. The van der Waals surface area contributed by atoms with Crippen LogP contribution in [0.25, 0.3) is 11.3 Å². The molecule has 0 aliphatic heterocycles. The van der Waals surface area contributed by atoms with Crippen molar-refractivity contribution < 1.29 is 9.66 Å². The lowest BCUT2D eigenvalue weighted by Crippen LogP contribution is -2.05. The summed E-state index contributed by atoms with van der Waals surface area (Å²) in [5, 5.41) is 17.7. The van der Waals surface area contributed by atoms with Crippen molar-refractivity contribution in [1.82, 2.24) is 15.2 Å². The highest BCUT2D eigenvalue weighted by Crippen LogP contribution is 2.35. The molecule has 2 aromatic heterocycles. The van der Waals surface area contributed by atoms with Crippen molar-refractivity contribution in [3.8, 4) is 17.1 Å². The van der Waals surface area contributed by atoms with E-state index in [1.54, 1.807) is 6.07 Å². The first-order valence-corrected chi connectivity index (χ1v) is 5.81. The first-order chi connectivity index (χ1) is 9.38. The summed E-state index contributed by atoms with van der Waals surface area (Å²) in [6.45, 7) is 3.69. The van der Waals surface area contributed by atoms with Crippen LogP contribution in [0.1, 0.15) is 13.8 Å². The molecule has 0 aliphatic rings. The molecule has 9 nitrogen and oxygen atoms in total. The van der Waals surface area contributed by atoms with Crippen LogP contribution in [-0.2, 0) is 0 Å². The number of nitro groups is 1. The normalized spacial score (nSPS) is 10.8. The van der Waals surface area contributed by atoms with E-state index in [0.29, 0.717) is 11.6 Å². The fourth-order valence-corrected chi connectivity index (χ4v) is 1.72. The minimum atomic E-state index is -0.610. The van der Waals surface area contributed by atoms with Crippen LogP contribution in [0.5, 0.6) is 5.88 Å². The van der Waals surface area contributed by atoms with Gasteiger partial charge < -0.3 is 16.2 Å². The molecule has 0 saturated heterocycles. The quantitative estimate of drug-likeness (QED) is 0.564. The van der Waals surface area contributed by atoms with Crippen molar-refractivity contribution in [2.75, 3.05) is 11.5 Å². The number of H-pyrrole nitrogens is 1. The molecule has 0 amide bonds. The van der Waals surface area contributed by atoms with Gasteiger partial charge in [0.05, 0.1) is 22.3 Å². The topological polar surface area (TPSA) is 146 Å². The van der Waals surface area contributed by atoms with E-state index in [9.17, 15) is 10.1 Å². The third-order valence-corrected chi connectivity index (χ3v) is 2.42. The molecule has 0 radical (unpaired) electrons. The fourth-order valence-electron chi connectivity index (χ4n) is 1.72. The second kappa shape index (κ2) is 5.03. The standard InChI is InChI=1S/C11H14N6O3/c1-5(2)20-9-4-7(15-16-9)6-3-8(12)14-11(13)10(6)17(18)19/h3-5H,1-2H3,(H,15,16)(H4,12,13,14). The third kappa shape index (κ3) is 2.60. The lowest BCUT2D eigenvalue weighted by Gasteiger charge is -2.05. The first-order valence-electron chi connectivity index (χ1n) is 5.81. The zero-order chi connectivity index (χ0) is 14.9. The van der Waals surface area contributed by atoms with Gasteiger partial charge in [0.2, 0.25) is 11.7 Å². The number of rotatable bonds is 4. The molecule has 0 saturated carbocycles. The van der Waals surface area contributed by atoms with Crippen LogP contribution in [-0.4, -0.2) is 26.2 Å². The van der Waals surface area contributed by atoms with Crippen LogP contribution >= 0.6 is 0 Å². The molecule has 9 heteroatoms. The van der Waals surface area contributed by atoms with Gasteiger partial charge in [0.15, 0.2) is 0 Å². The monoisotopic (exact) mass is 278 g/mol. The van der Waals surface area contributed by atoms with Gasteiger partial charge in [-0.3, -0.25) is 15.2 Å². The maximum Gasteiger partial charge on any atom is 0.320 e. The first kappa shape index (κ1) is 13.6. The minimum absolute atomic E-state index is 0.0614. The van der Waals surface area contributed by atoms with Gasteiger partial charge in [0, 0.05) is 6.07 Å². The molecule has 106 valence electrons. The molecule has 0 aromatic carbocycles. The smallest absolute Gasteiger partial charge is 0.320 e. The van der Waals surface area contributed by atoms with Gasteiger partial charge in [0.25, 0.3) is 0 Å². The fraction of sp³-hybridized carbons (Fsp3) is 0.273. The average molecular weight is 278 g/mol. The Labute approximate surface area is 114 Å². The number of nitrogens with two attached hydrogens (primary N) is 2. The molecule has 0 aliphatic carbocycles. The molecule has 0 atom stereocenters. The number of hydrogen-bond acceptors (Lipinski definition) is 7. The molecular formula is C11H14N6O3. The van der Waals surface area contributed by atoms with Gasteiger partial charge in [-0.05, 0) is 19.9 Å². The Balaban J connectivity index is 2.51. The summed E-state index contributed by atoms with van der Waals surface area (Å²) in [6.07, 6.45) is -0.0614. The highest BCUT2D eigenvalue weighted by atomic mass is 16.6. The van der Waals surface area contributed by atoms with E-state index in [0.717, 1.165) is 0 Å². The molecule has 5 N–H and O–H groups in total. The van der Waals surface area contributed by atoms with E-state index >= 15 is 0 Å². The number of aromatic amines is 1. The Kier molecular flexibility index (Phi) is 3.42. The van der Waals surface area contributed by atoms with Crippen LogP contribution < -0.4 is 16.2 Å². The van der Waals surface area contributed by atoms with Crippen LogP contribution in [0.2, 0.25) is 0 Å². The largest absolute Gasteiger partial charge is 0.474 e. The molecule has 20 heavy (non-hydrogen) atoms. The van der Waals surface area contributed by atoms with Crippen molar-refractivity contribution in [3.63, 3.8) is 0 Å². The van der Waals surface area contributed by atoms with Crippen molar-refractivity contribution in [3.05, 3.63) is 22.2 Å². The zero-order valence-electron chi connectivity index (χ0n) is 11.0. The predicted octanol–water partition coefficient (Wildman–Crippen LogP) is 1.33. The molecule has 0 fully saturated rings. The van der Waals surface area contributed by atoms with E-state index in [1.165, 1.54) is 6.07 Å². The van der Waals surface area contributed by atoms with Crippen LogP contribution in [0.15, 0.2) is 12.1 Å². The number of nitrogens with zero attached hydrogens (tertiary/aromatic N) is 3. The zero-order valence-corrected chi connectivity index (χ0v) is 11.0. The van der Waals surface area contributed by atoms with Crippen molar-refractivity contribution >= 4 is 17.3 Å². The van der Waals surface area contributed by atoms with E-state index in [2.05, 4.69) is 15.2 Å². The Hall–Kier alpha value is -2.84. The van der Waals surface area contributed by atoms with Crippen molar-refractivity contribution in [2.24, 2.45) is 0 Å². The van der Waals surface area contributed by atoms with Gasteiger partial charge in [-0.1, -0.05) is 0 Å². The Morgan fingerprint density at radius 3 is 2.70 bits per heavy atom. The lowest BCUT2D eigenvalue weighted by atomic mass is 10.1.